The Balaban J connectivity index is 2.26. The number of halogens is 1. The van der Waals surface area contributed by atoms with Gasteiger partial charge in [0.2, 0.25) is 0 Å². The van der Waals surface area contributed by atoms with Gasteiger partial charge in [-0.3, -0.25) is 0 Å². The number of methoxy groups -OCH3 is 1. The second kappa shape index (κ2) is 8.81. The van der Waals surface area contributed by atoms with E-state index in [1.165, 1.54) is 12.0 Å². The Morgan fingerprint density at radius 3 is 2.48 bits per heavy atom. The summed E-state index contributed by atoms with van der Waals surface area (Å²) in [5, 5.41) is 30.3. The second-order valence-electron chi connectivity index (χ2n) is 8.95. The number of carbonyl (C=O) groups is 1. The number of nitrogens with zero attached hydrogens (tertiary/aromatic N) is 4. The van der Waals surface area contributed by atoms with E-state index in [1.807, 2.05) is 0 Å². The maximum absolute atomic E-state index is 12.8. The van der Waals surface area contributed by atoms with Gasteiger partial charge in [0, 0.05) is 35.0 Å². The second-order valence-corrected chi connectivity index (χ2v) is 9.86. The number of nitrogens with two attached hydrogens (primary N) is 1. The molecule has 0 spiro atoms. The molecule has 0 fully saturated rings. The normalized spacial score (nSPS) is 21.6. The van der Waals surface area contributed by atoms with Crippen molar-refractivity contribution in [1.82, 2.24) is 4.90 Å². The Labute approximate surface area is 201 Å². The standard InChI is InChI=1S/C24H24BrN5O3/c1-23(2,3)33-22(31)30-8-7-15-17(10-26)21(29)24(12-27,13-28)20(18(15)11-30)16-9-14(25)5-6-19(16)32-4/h5-7,9,18,20H,8,11,29H2,1-4H3/t18-,20-/m1/s1. The van der Waals surface area contributed by atoms with Crippen molar-refractivity contribution in [1.29, 1.82) is 15.8 Å². The molecule has 1 aliphatic carbocycles. The Hall–Kier alpha value is -3.48. The highest BCUT2D eigenvalue weighted by molar-refractivity contribution is 9.10. The van der Waals surface area contributed by atoms with Gasteiger partial charge in [-0.25, -0.2) is 4.79 Å². The third-order valence-corrected chi connectivity index (χ3v) is 6.34. The number of hydrogen-bond donors (Lipinski definition) is 1. The zero-order valence-corrected chi connectivity index (χ0v) is 20.4. The van der Waals surface area contributed by atoms with Crippen LogP contribution in [0.15, 0.2) is 45.6 Å². The van der Waals surface area contributed by atoms with Crippen molar-refractivity contribution in [3.63, 3.8) is 0 Å². The molecule has 9 heteroatoms. The fourth-order valence-corrected chi connectivity index (χ4v) is 4.83. The van der Waals surface area contributed by atoms with Gasteiger partial charge in [0.1, 0.15) is 17.4 Å². The Bertz CT molecular complexity index is 1160. The van der Waals surface area contributed by atoms with Crippen LogP contribution in [0.4, 0.5) is 4.79 Å². The van der Waals surface area contributed by atoms with Crippen LogP contribution in [0.5, 0.6) is 5.75 Å². The smallest absolute Gasteiger partial charge is 0.410 e. The Kier molecular flexibility index (Phi) is 6.45. The average molecular weight is 510 g/mol. The van der Waals surface area contributed by atoms with E-state index >= 15 is 0 Å². The van der Waals surface area contributed by atoms with Gasteiger partial charge in [0.05, 0.1) is 30.5 Å². The van der Waals surface area contributed by atoms with Gasteiger partial charge in [-0.05, 0) is 44.5 Å². The molecule has 2 N–H and O–H groups in total. The molecule has 1 aromatic rings. The first-order valence-electron chi connectivity index (χ1n) is 10.3. The lowest BCUT2D eigenvalue weighted by Gasteiger charge is -2.45. The van der Waals surface area contributed by atoms with E-state index in [9.17, 15) is 20.6 Å². The molecule has 2 aliphatic rings. The molecule has 0 aromatic heterocycles. The molecule has 8 nitrogen and oxygen atoms in total. The highest BCUT2D eigenvalue weighted by atomic mass is 79.9. The summed E-state index contributed by atoms with van der Waals surface area (Å²) >= 11 is 3.45. The molecule has 0 saturated heterocycles. The number of fused-ring (bicyclic) bond motifs is 1. The number of carbonyl (C=O) groups excluding carboxylic acids is 1. The van der Waals surface area contributed by atoms with E-state index < -0.39 is 28.9 Å². The van der Waals surface area contributed by atoms with Crippen LogP contribution in [0.1, 0.15) is 32.3 Å². The Morgan fingerprint density at radius 2 is 1.94 bits per heavy atom. The molecule has 1 heterocycles. The van der Waals surface area contributed by atoms with Gasteiger partial charge in [0.25, 0.3) is 0 Å². The molecular formula is C24H24BrN5O3. The van der Waals surface area contributed by atoms with Crippen molar-refractivity contribution in [2.45, 2.75) is 32.3 Å². The summed E-state index contributed by atoms with van der Waals surface area (Å²) in [7, 11) is 1.50. The average Bonchev–Trinajstić information content (AvgIpc) is 2.77. The topological polar surface area (TPSA) is 136 Å². The molecule has 3 rings (SSSR count). The maximum atomic E-state index is 12.8. The third-order valence-electron chi connectivity index (χ3n) is 5.84. The summed E-state index contributed by atoms with van der Waals surface area (Å²) in [5.74, 6) is -0.885. The predicted octanol–water partition coefficient (Wildman–Crippen LogP) is 4.12. The molecule has 170 valence electrons. The molecule has 0 saturated carbocycles. The fourth-order valence-electron chi connectivity index (χ4n) is 4.45. The van der Waals surface area contributed by atoms with Crippen LogP contribution in [-0.2, 0) is 4.74 Å². The van der Waals surface area contributed by atoms with Crippen molar-refractivity contribution in [2.24, 2.45) is 17.1 Å². The number of rotatable bonds is 2. The van der Waals surface area contributed by atoms with E-state index in [-0.39, 0.29) is 24.4 Å². The van der Waals surface area contributed by atoms with Crippen LogP contribution < -0.4 is 10.5 Å². The zero-order chi connectivity index (χ0) is 24.6. The van der Waals surface area contributed by atoms with E-state index in [2.05, 4.69) is 34.1 Å². The van der Waals surface area contributed by atoms with E-state index in [1.54, 1.807) is 45.0 Å². The minimum Gasteiger partial charge on any atom is -0.496 e. The summed E-state index contributed by atoms with van der Waals surface area (Å²) in [4.78, 5) is 14.3. The van der Waals surface area contributed by atoms with E-state index in [0.717, 1.165) is 4.47 Å². The molecule has 2 atom stereocenters. The first-order valence-corrected chi connectivity index (χ1v) is 11.1. The van der Waals surface area contributed by atoms with Crippen LogP contribution >= 0.6 is 15.9 Å². The van der Waals surface area contributed by atoms with Crippen molar-refractivity contribution < 1.29 is 14.3 Å². The lowest BCUT2D eigenvalue weighted by Crippen LogP contribution is -2.50. The summed E-state index contributed by atoms with van der Waals surface area (Å²) in [6.07, 6.45) is 1.23. The number of benzene rings is 1. The lowest BCUT2D eigenvalue weighted by molar-refractivity contribution is 0.0224. The largest absolute Gasteiger partial charge is 0.496 e. The summed E-state index contributed by atoms with van der Waals surface area (Å²) in [6, 6.07) is 11.6. The minimum atomic E-state index is -1.84. The first kappa shape index (κ1) is 24.2. The molecule has 0 bridgehead atoms. The summed E-state index contributed by atoms with van der Waals surface area (Å²) in [6.45, 7) is 5.69. The van der Waals surface area contributed by atoms with E-state index in [4.69, 9.17) is 15.2 Å². The quantitative estimate of drug-likeness (QED) is 0.632. The van der Waals surface area contributed by atoms with Crippen molar-refractivity contribution in [3.05, 3.63) is 51.2 Å². The highest BCUT2D eigenvalue weighted by Crippen LogP contribution is 2.56. The lowest BCUT2D eigenvalue weighted by atomic mass is 9.58. The molecule has 0 unspecified atom stereocenters. The molecular weight excluding hydrogens is 486 g/mol. The summed E-state index contributed by atoms with van der Waals surface area (Å²) in [5.41, 5.74) is 5.04. The predicted molar refractivity (Wildman–Crippen MR) is 123 cm³/mol. The van der Waals surface area contributed by atoms with Crippen molar-refractivity contribution in [2.75, 3.05) is 20.2 Å². The molecule has 33 heavy (non-hydrogen) atoms. The number of ether oxygens (including phenoxy) is 2. The van der Waals surface area contributed by atoms with Crippen LogP contribution in [-0.4, -0.2) is 36.8 Å². The van der Waals surface area contributed by atoms with Crippen molar-refractivity contribution in [3.8, 4) is 24.0 Å². The summed E-state index contributed by atoms with van der Waals surface area (Å²) < 4.78 is 11.8. The van der Waals surface area contributed by atoms with Crippen LogP contribution in [0, 0.1) is 45.3 Å². The van der Waals surface area contributed by atoms with Gasteiger partial charge in [-0.1, -0.05) is 22.0 Å². The molecule has 1 aliphatic heterocycles. The van der Waals surface area contributed by atoms with Crippen LogP contribution in [0.2, 0.25) is 0 Å². The van der Waals surface area contributed by atoms with Gasteiger partial charge in [-0.15, -0.1) is 0 Å². The van der Waals surface area contributed by atoms with Gasteiger partial charge in [0.15, 0.2) is 5.41 Å². The zero-order valence-electron chi connectivity index (χ0n) is 18.8. The third kappa shape index (κ3) is 4.15. The van der Waals surface area contributed by atoms with Gasteiger partial charge < -0.3 is 20.1 Å². The number of allylic oxidation sites excluding steroid dienone is 2. The number of hydrogen-bond acceptors (Lipinski definition) is 7. The van der Waals surface area contributed by atoms with Crippen molar-refractivity contribution >= 4 is 22.0 Å². The SMILES string of the molecule is COc1ccc(Br)cc1[C@@H]1[C@@H]2CN(C(=O)OC(C)(C)C)CC=C2C(C#N)=C(N)C1(C#N)C#N. The van der Waals surface area contributed by atoms with Crippen LogP contribution in [0.3, 0.4) is 0 Å². The first-order chi connectivity index (χ1) is 15.5. The molecule has 1 amide bonds. The Morgan fingerprint density at radius 1 is 1.27 bits per heavy atom. The molecule has 0 radical (unpaired) electrons. The van der Waals surface area contributed by atoms with E-state index in [0.29, 0.717) is 16.9 Å². The van der Waals surface area contributed by atoms with Gasteiger partial charge >= 0.3 is 6.09 Å². The highest BCUT2D eigenvalue weighted by Gasteiger charge is 2.55. The van der Waals surface area contributed by atoms with Gasteiger partial charge in [-0.2, -0.15) is 15.8 Å². The number of amides is 1. The van der Waals surface area contributed by atoms with Crippen LogP contribution in [0.25, 0.3) is 0 Å². The molecule has 1 aromatic carbocycles. The fraction of sp³-hybridized carbons (Fsp3) is 0.417. The monoisotopic (exact) mass is 509 g/mol. The minimum absolute atomic E-state index is 0.0877. The number of nitriles is 3. The maximum Gasteiger partial charge on any atom is 0.410 e.